The maximum Gasteiger partial charge on any atom is 0.354 e. The molecule has 3 heterocycles. The largest absolute Gasteiger partial charge is 0.507 e. The molecular weight excluding hydrogens is 531 g/mol. The van der Waals surface area contributed by atoms with Crippen molar-refractivity contribution in [2.75, 3.05) is 13.1 Å². The summed E-state index contributed by atoms with van der Waals surface area (Å²) in [5.41, 5.74) is 1.69. The fourth-order valence-electron chi connectivity index (χ4n) is 5.62. The van der Waals surface area contributed by atoms with Gasteiger partial charge in [-0.3, -0.25) is 4.79 Å². The van der Waals surface area contributed by atoms with Crippen molar-refractivity contribution in [3.63, 3.8) is 0 Å². The number of amides is 1. The topological polar surface area (TPSA) is 88.3 Å². The van der Waals surface area contributed by atoms with Gasteiger partial charge in [0.25, 0.3) is 0 Å². The number of phenolic OH excluding ortho intramolecular Hbond substituents is 1. The van der Waals surface area contributed by atoms with Crippen molar-refractivity contribution in [1.29, 1.82) is 0 Å². The fourth-order valence-corrected chi connectivity index (χ4v) is 5.87. The van der Waals surface area contributed by atoms with E-state index in [0.717, 1.165) is 5.56 Å². The molecule has 2 aromatic heterocycles. The van der Waals surface area contributed by atoms with Gasteiger partial charge in [-0.25, -0.2) is 18.7 Å². The summed E-state index contributed by atoms with van der Waals surface area (Å²) < 4.78 is 16.4. The Kier molecular flexibility index (Phi) is 7.47. The molecule has 0 spiro atoms. The second-order valence-electron chi connectivity index (χ2n) is 10.5. The van der Waals surface area contributed by atoms with Gasteiger partial charge in [-0.05, 0) is 54.2 Å². The van der Waals surface area contributed by atoms with Gasteiger partial charge in [-0.2, -0.15) is 4.98 Å². The van der Waals surface area contributed by atoms with Gasteiger partial charge in [0, 0.05) is 24.4 Å². The molecule has 2 aromatic carbocycles. The third kappa shape index (κ3) is 4.77. The van der Waals surface area contributed by atoms with Crippen molar-refractivity contribution < 1.29 is 14.3 Å². The molecule has 9 heteroatoms. The van der Waals surface area contributed by atoms with Crippen molar-refractivity contribution in [2.45, 2.75) is 39.0 Å². The number of carbonyl (C=O) groups is 1. The number of hydrogen-bond acceptors (Lipinski definition) is 5. The van der Waals surface area contributed by atoms with Gasteiger partial charge in [0.2, 0.25) is 5.91 Å². The number of nitrogens with zero attached hydrogens (tertiary/aromatic N) is 4. The second kappa shape index (κ2) is 10.8. The quantitative estimate of drug-likeness (QED) is 0.293. The molecule has 7 nitrogen and oxygen atoms in total. The Morgan fingerprint density at radius 2 is 1.95 bits per heavy atom. The van der Waals surface area contributed by atoms with Crippen molar-refractivity contribution in [3.8, 4) is 22.7 Å². The Morgan fingerprint density at radius 3 is 2.62 bits per heavy atom. The Labute approximate surface area is 236 Å². The van der Waals surface area contributed by atoms with Gasteiger partial charge in [0.15, 0.2) is 5.65 Å². The van der Waals surface area contributed by atoms with Crippen LogP contribution in [0.5, 0.6) is 5.75 Å². The molecule has 2 atom stereocenters. The zero-order valence-corrected chi connectivity index (χ0v) is 23.3. The average Bonchev–Trinajstić information content (AvgIpc) is 2.92. The van der Waals surface area contributed by atoms with E-state index in [0.29, 0.717) is 36.3 Å². The maximum atomic E-state index is 15.0. The summed E-state index contributed by atoms with van der Waals surface area (Å²) in [6, 6.07) is 13.1. The van der Waals surface area contributed by atoms with E-state index in [-0.39, 0.29) is 51.3 Å². The highest BCUT2D eigenvalue weighted by Crippen LogP contribution is 2.40. The SMILES string of the molecule is C=CC(=O)N1CCC(c2nc(=O)n(-c3ccccc3C(C)C)c3nc(-c4c(O)cccc4F)c(Cl)cc23)[C@@H](C)C1. The number of benzene rings is 2. The predicted octanol–water partition coefficient (Wildman–Crippen LogP) is 6.21. The smallest absolute Gasteiger partial charge is 0.354 e. The maximum absolute atomic E-state index is 15.0. The molecule has 1 aliphatic rings. The summed E-state index contributed by atoms with van der Waals surface area (Å²) in [6.45, 7) is 10.6. The molecule has 1 amide bonds. The van der Waals surface area contributed by atoms with Crippen LogP contribution in [-0.2, 0) is 4.79 Å². The summed E-state index contributed by atoms with van der Waals surface area (Å²) in [6.07, 6.45) is 1.89. The van der Waals surface area contributed by atoms with Crippen LogP contribution in [0.3, 0.4) is 0 Å². The first-order chi connectivity index (χ1) is 19.1. The summed E-state index contributed by atoms with van der Waals surface area (Å²) in [4.78, 5) is 37.2. The lowest BCUT2D eigenvalue weighted by molar-refractivity contribution is -0.127. The number of phenols is 1. The molecule has 0 aliphatic carbocycles. The minimum Gasteiger partial charge on any atom is -0.507 e. The van der Waals surface area contributed by atoms with Crippen molar-refractivity contribution in [1.82, 2.24) is 19.4 Å². The lowest BCUT2D eigenvalue weighted by atomic mass is 9.83. The number of halogens is 2. The van der Waals surface area contributed by atoms with Crippen LogP contribution < -0.4 is 5.69 Å². The van der Waals surface area contributed by atoms with E-state index >= 15 is 0 Å². The number of fused-ring (bicyclic) bond motifs is 1. The van der Waals surface area contributed by atoms with Crippen molar-refractivity contribution in [3.05, 3.63) is 93.8 Å². The number of carbonyl (C=O) groups excluding carboxylic acids is 1. The Morgan fingerprint density at radius 1 is 1.20 bits per heavy atom. The molecule has 0 saturated carbocycles. The molecule has 5 rings (SSSR count). The van der Waals surface area contributed by atoms with E-state index in [1.54, 1.807) is 11.0 Å². The highest BCUT2D eigenvalue weighted by molar-refractivity contribution is 6.33. The molecule has 1 fully saturated rings. The Hall–Kier alpha value is -4.04. The van der Waals surface area contributed by atoms with Crippen molar-refractivity contribution >= 4 is 28.5 Å². The predicted molar refractivity (Wildman–Crippen MR) is 155 cm³/mol. The molecule has 4 aromatic rings. The fraction of sp³-hybridized carbons (Fsp3) is 0.290. The van der Waals surface area contributed by atoms with E-state index in [1.165, 1.54) is 28.8 Å². The molecule has 1 unspecified atom stereocenters. The second-order valence-corrected chi connectivity index (χ2v) is 10.9. The molecule has 206 valence electrons. The Balaban J connectivity index is 1.80. The third-order valence-electron chi connectivity index (χ3n) is 7.62. The molecule has 1 N–H and O–H groups in total. The summed E-state index contributed by atoms with van der Waals surface area (Å²) in [5, 5.41) is 11.2. The number of likely N-dealkylation sites (tertiary alicyclic amines) is 1. The van der Waals surface area contributed by atoms with Crippen LogP contribution in [0.1, 0.15) is 50.3 Å². The number of hydrogen-bond donors (Lipinski definition) is 1. The zero-order chi connectivity index (χ0) is 28.7. The number of piperidine rings is 1. The average molecular weight is 561 g/mol. The van der Waals surface area contributed by atoms with Gasteiger partial charge in [0.05, 0.1) is 27.7 Å². The van der Waals surface area contributed by atoms with Crippen LogP contribution in [-0.4, -0.2) is 43.5 Å². The molecule has 1 saturated heterocycles. The van der Waals surface area contributed by atoms with Crippen LogP contribution in [0.25, 0.3) is 28.0 Å². The van der Waals surface area contributed by atoms with E-state index in [9.17, 15) is 19.1 Å². The molecule has 0 radical (unpaired) electrons. The van der Waals surface area contributed by atoms with Crippen LogP contribution in [0.15, 0.2) is 66.0 Å². The van der Waals surface area contributed by atoms with Crippen LogP contribution >= 0.6 is 11.6 Å². The normalized spacial score (nSPS) is 17.4. The minimum absolute atomic E-state index is 0.0133. The monoisotopic (exact) mass is 560 g/mol. The number of para-hydroxylation sites is 1. The minimum atomic E-state index is -0.688. The van der Waals surface area contributed by atoms with Crippen LogP contribution in [0.4, 0.5) is 4.39 Å². The first kappa shape index (κ1) is 27.5. The third-order valence-corrected chi connectivity index (χ3v) is 7.91. The van der Waals surface area contributed by atoms with E-state index in [4.69, 9.17) is 16.6 Å². The van der Waals surface area contributed by atoms with Crippen LogP contribution in [0, 0.1) is 11.7 Å². The lowest BCUT2D eigenvalue weighted by Gasteiger charge is -2.36. The number of rotatable bonds is 5. The van der Waals surface area contributed by atoms with Gasteiger partial charge in [0.1, 0.15) is 11.6 Å². The van der Waals surface area contributed by atoms with E-state index in [2.05, 4.69) is 11.6 Å². The highest BCUT2D eigenvalue weighted by atomic mass is 35.5. The summed E-state index contributed by atoms with van der Waals surface area (Å²) >= 11 is 6.71. The zero-order valence-electron chi connectivity index (χ0n) is 22.6. The number of aromatic nitrogens is 3. The first-order valence-electron chi connectivity index (χ1n) is 13.2. The summed E-state index contributed by atoms with van der Waals surface area (Å²) in [5.74, 6) is -1.21. The van der Waals surface area contributed by atoms with Gasteiger partial charge >= 0.3 is 5.69 Å². The van der Waals surface area contributed by atoms with E-state index in [1.807, 2.05) is 45.0 Å². The lowest BCUT2D eigenvalue weighted by Crippen LogP contribution is -2.42. The Bertz CT molecular complexity index is 1680. The summed E-state index contributed by atoms with van der Waals surface area (Å²) in [7, 11) is 0. The van der Waals surface area contributed by atoms with E-state index < -0.39 is 11.5 Å². The molecule has 0 bridgehead atoms. The van der Waals surface area contributed by atoms with Gasteiger partial charge in [-0.15, -0.1) is 0 Å². The highest BCUT2D eigenvalue weighted by Gasteiger charge is 2.33. The van der Waals surface area contributed by atoms with Crippen LogP contribution in [0.2, 0.25) is 5.02 Å². The molecular formula is C31H30ClFN4O3. The van der Waals surface area contributed by atoms with Gasteiger partial charge in [-0.1, -0.05) is 63.2 Å². The van der Waals surface area contributed by atoms with Crippen molar-refractivity contribution in [2.24, 2.45) is 5.92 Å². The number of aromatic hydroxyl groups is 1. The standard InChI is InChI=1S/C31H30ClFN4O3/c1-5-26(39)36-14-13-20(18(4)16-36)28-21-15-22(32)29(27-23(33)10-8-12-25(27)38)34-30(21)37(31(40)35-28)24-11-7-6-9-19(24)17(2)3/h5-12,15,17-18,20,38H,1,13-14,16H2,2-4H3/t18-,20?/m0/s1. The number of pyridine rings is 1. The molecule has 40 heavy (non-hydrogen) atoms. The first-order valence-corrected chi connectivity index (χ1v) is 13.6. The van der Waals surface area contributed by atoms with Gasteiger partial charge < -0.3 is 10.0 Å². The molecule has 1 aliphatic heterocycles.